The van der Waals surface area contributed by atoms with E-state index >= 15 is 0 Å². The highest BCUT2D eigenvalue weighted by Gasteiger charge is 2.31. The quantitative estimate of drug-likeness (QED) is 0.532. The zero-order valence-corrected chi connectivity index (χ0v) is 9.20. The number of hydrogen-bond acceptors (Lipinski definition) is 2. The molecule has 1 atom stereocenters. The summed E-state index contributed by atoms with van der Waals surface area (Å²) in [4.78, 5) is 0. The average molecular weight is 190 g/mol. The van der Waals surface area contributed by atoms with Gasteiger partial charge in [-0.3, -0.25) is 0 Å². The average Bonchev–Trinajstić information content (AvgIpc) is 2.03. The van der Waals surface area contributed by atoms with E-state index in [1.54, 1.807) is 0 Å². The largest absolute Gasteiger partial charge is 0.407 e. The summed E-state index contributed by atoms with van der Waals surface area (Å²) in [6, 6.07) is 2.53. The zero-order valence-electron chi connectivity index (χ0n) is 7.31. The van der Waals surface area contributed by atoms with E-state index in [-0.39, 0.29) is 0 Å². The molecule has 1 saturated heterocycles. The second kappa shape index (κ2) is 4.53. The van der Waals surface area contributed by atoms with Crippen LogP contribution in [-0.4, -0.2) is 14.1 Å². The molecule has 0 aromatic carbocycles. The lowest BCUT2D eigenvalue weighted by Crippen LogP contribution is -2.35. The highest BCUT2D eigenvalue weighted by atomic mass is 32.3. The maximum atomic E-state index is 5.77. The van der Waals surface area contributed by atoms with Crippen LogP contribution in [0.4, 0.5) is 0 Å². The van der Waals surface area contributed by atoms with Gasteiger partial charge in [-0.15, -0.1) is 0 Å². The van der Waals surface area contributed by atoms with E-state index in [0.717, 1.165) is 6.61 Å². The maximum absolute atomic E-state index is 5.77. The van der Waals surface area contributed by atoms with Crippen LogP contribution in [-0.2, 0) is 4.43 Å². The Morgan fingerprint density at radius 1 is 1.45 bits per heavy atom. The first kappa shape index (κ1) is 9.61. The van der Waals surface area contributed by atoms with E-state index < -0.39 is 7.47 Å². The molecule has 0 saturated carbocycles. The van der Waals surface area contributed by atoms with Crippen molar-refractivity contribution >= 4 is 19.5 Å². The Hall–Kier alpha value is 0.527. The molecule has 1 rings (SSSR count). The maximum Gasteiger partial charge on any atom is 0.251 e. The van der Waals surface area contributed by atoms with Crippen molar-refractivity contribution in [3.8, 4) is 0 Å². The summed E-state index contributed by atoms with van der Waals surface area (Å²) in [6.07, 6.45) is 5.18. The second-order valence-corrected chi connectivity index (χ2v) is 8.98. The van der Waals surface area contributed by atoms with Crippen LogP contribution in [0.3, 0.4) is 0 Å². The number of unbranched alkanes of at least 4 members (excludes halogenated alkanes) is 1. The van der Waals surface area contributed by atoms with Crippen molar-refractivity contribution in [1.82, 2.24) is 0 Å². The Morgan fingerprint density at radius 3 is 2.82 bits per heavy atom. The van der Waals surface area contributed by atoms with Gasteiger partial charge < -0.3 is 4.43 Å². The number of thiol groups is 1. The van der Waals surface area contributed by atoms with Crippen molar-refractivity contribution in [1.29, 1.82) is 0 Å². The molecule has 0 aromatic rings. The van der Waals surface area contributed by atoms with Gasteiger partial charge in [-0.2, -0.15) is 12.1 Å². The smallest absolute Gasteiger partial charge is 0.251 e. The van der Waals surface area contributed by atoms with Crippen LogP contribution in [0, 0.1) is 0 Å². The Labute approximate surface area is 75.7 Å². The molecule has 11 heavy (non-hydrogen) atoms. The Bertz CT molecular complexity index is 113. The molecule has 1 aliphatic heterocycles. The fourth-order valence-corrected chi connectivity index (χ4v) is 5.48. The van der Waals surface area contributed by atoms with Crippen molar-refractivity contribution < 1.29 is 4.43 Å². The van der Waals surface area contributed by atoms with Crippen molar-refractivity contribution in [2.45, 2.75) is 44.7 Å². The van der Waals surface area contributed by atoms with Crippen LogP contribution in [0.5, 0.6) is 0 Å². The molecule has 0 aromatic heterocycles. The molecule has 66 valence electrons. The molecule has 1 unspecified atom stereocenters. The molecule has 0 spiro atoms. The first-order valence-corrected chi connectivity index (χ1v) is 8.24. The third-order valence-corrected chi connectivity index (χ3v) is 6.99. The Balaban J connectivity index is 2.25. The first-order chi connectivity index (χ1) is 5.27. The second-order valence-electron chi connectivity index (χ2n) is 3.36. The van der Waals surface area contributed by atoms with E-state index in [9.17, 15) is 0 Å². The third-order valence-electron chi connectivity index (χ3n) is 2.25. The van der Waals surface area contributed by atoms with Crippen LogP contribution in [0.1, 0.15) is 32.6 Å². The predicted molar refractivity (Wildman–Crippen MR) is 54.4 cm³/mol. The van der Waals surface area contributed by atoms with Crippen LogP contribution >= 0.6 is 12.1 Å². The van der Waals surface area contributed by atoms with E-state index in [1.165, 1.54) is 37.8 Å². The fraction of sp³-hybridized carbons (Fsp3) is 1.00. The Morgan fingerprint density at radius 2 is 2.27 bits per heavy atom. The highest BCUT2D eigenvalue weighted by molar-refractivity contribution is 8.13. The molecule has 0 amide bonds. The van der Waals surface area contributed by atoms with Crippen molar-refractivity contribution in [3.63, 3.8) is 0 Å². The Kier molecular flexibility index (Phi) is 3.96. The molecule has 1 fully saturated rings. The van der Waals surface area contributed by atoms with Gasteiger partial charge in [0.05, 0.1) is 0 Å². The topological polar surface area (TPSA) is 9.23 Å². The van der Waals surface area contributed by atoms with E-state index in [1.807, 2.05) is 0 Å². The third kappa shape index (κ3) is 3.17. The van der Waals surface area contributed by atoms with Crippen molar-refractivity contribution in [2.24, 2.45) is 0 Å². The molecule has 1 aliphatic rings. The first-order valence-electron chi connectivity index (χ1n) is 4.63. The van der Waals surface area contributed by atoms with Crippen LogP contribution in [0.15, 0.2) is 0 Å². The molecular formula is C8H18OSSi. The van der Waals surface area contributed by atoms with Gasteiger partial charge in [-0.25, -0.2) is 0 Å². The lowest BCUT2D eigenvalue weighted by Gasteiger charge is -2.30. The molecular weight excluding hydrogens is 172 g/mol. The summed E-state index contributed by atoms with van der Waals surface area (Å²) in [7, 11) is -1.46. The van der Waals surface area contributed by atoms with E-state index in [0.29, 0.717) is 0 Å². The molecule has 0 N–H and O–H groups in total. The molecule has 0 radical (unpaired) electrons. The van der Waals surface area contributed by atoms with Gasteiger partial charge >= 0.3 is 0 Å². The summed E-state index contributed by atoms with van der Waals surface area (Å²) in [6.45, 7) is 3.20. The van der Waals surface area contributed by atoms with E-state index in [4.69, 9.17) is 16.5 Å². The molecule has 0 bridgehead atoms. The van der Waals surface area contributed by atoms with Crippen LogP contribution in [0.2, 0.25) is 12.1 Å². The minimum atomic E-state index is -1.46. The van der Waals surface area contributed by atoms with E-state index in [2.05, 4.69) is 6.92 Å². The summed E-state index contributed by atoms with van der Waals surface area (Å²) in [5.41, 5.74) is 0. The molecule has 0 aliphatic carbocycles. The zero-order chi connectivity index (χ0) is 8.16. The molecule has 1 heterocycles. The minimum absolute atomic E-state index is 0.972. The van der Waals surface area contributed by atoms with Gasteiger partial charge in [0, 0.05) is 6.61 Å². The fourth-order valence-electron chi connectivity index (χ4n) is 1.49. The SMILES string of the molecule is CCCC[Si]1(S)CCCCO1. The molecule has 1 nitrogen and oxygen atoms in total. The molecule has 3 heteroatoms. The van der Waals surface area contributed by atoms with Gasteiger partial charge in [0.25, 0.3) is 7.47 Å². The summed E-state index contributed by atoms with van der Waals surface area (Å²) in [5, 5.41) is 0. The monoisotopic (exact) mass is 190 g/mol. The summed E-state index contributed by atoms with van der Waals surface area (Å²) in [5.74, 6) is 0. The lowest BCUT2D eigenvalue weighted by molar-refractivity contribution is 0.280. The van der Waals surface area contributed by atoms with Crippen molar-refractivity contribution in [2.75, 3.05) is 6.61 Å². The van der Waals surface area contributed by atoms with Gasteiger partial charge in [-0.05, 0) is 18.5 Å². The summed E-state index contributed by atoms with van der Waals surface area (Å²) < 4.78 is 5.77. The minimum Gasteiger partial charge on any atom is -0.407 e. The lowest BCUT2D eigenvalue weighted by atomic mass is 10.4. The van der Waals surface area contributed by atoms with Gasteiger partial charge in [0.1, 0.15) is 0 Å². The number of hydrogen-bond donors (Lipinski definition) is 1. The normalized spacial score (nSPS) is 32.2. The van der Waals surface area contributed by atoms with Crippen LogP contribution in [0.25, 0.3) is 0 Å². The highest BCUT2D eigenvalue weighted by Crippen LogP contribution is 2.30. The van der Waals surface area contributed by atoms with Gasteiger partial charge in [0.15, 0.2) is 0 Å². The standard InChI is InChI=1S/C8H18OSSi/c1-2-3-7-11(10)8-5-4-6-9-11/h10H,2-8H2,1H3. The van der Waals surface area contributed by atoms with Gasteiger partial charge in [0.2, 0.25) is 0 Å². The van der Waals surface area contributed by atoms with Gasteiger partial charge in [-0.1, -0.05) is 26.2 Å². The predicted octanol–water partition coefficient (Wildman–Crippen LogP) is 2.97. The van der Waals surface area contributed by atoms with Crippen molar-refractivity contribution in [3.05, 3.63) is 0 Å². The summed E-state index contributed by atoms with van der Waals surface area (Å²) >= 11 is 4.70. The van der Waals surface area contributed by atoms with Crippen LogP contribution < -0.4 is 0 Å². The number of rotatable bonds is 3.